The first-order valence-corrected chi connectivity index (χ1v) is 9.91. The molecule has 3 nitrogen and oxygen atoms in total. The van der Waals surface area contributed by atoms with E-state index < -0.39 is 0 Å². The Kier molecular flexibility index (Phi) is 7.06. The van der Waals surface area contributed by atoms with Gasteiger partial charge < -0.3 is 14.7 Å². The van der Waals surface area contributed by atoms with Crippen LogP contribution in [0.2, 0.25) is 0 Å². The fourth-order valence-corrected chi connectivity index (χ4v) is 4.05. The van der Waals surface area contributed by atoms with Crippen LogP contribution in [-0.4, -0.2) is 17.9 Å². The number of rotatable bonds is 4. The topological polar surface area (TPSA) is 38.0 Å². The summed E-state index contributed by atoms with van der Waals surface area (Å²) in [4.78, 5) is 0. The highest BCUT2D eigenvalue weighted by molar-refractivity contribution is 6.06. The van der Waals surface area contributed by atoms with Gasteiger partial charge in [0.25, 0.3) is 0 Å². The molecular weight excluding hydrogens is 344 g/mol. The van der Waals surface area contributed by atoms with Crippen LogP contribution in [0, 0.1) is 18.3 Å². The van der Waals surface area contributed by atoms with E-state index in [1.54, 1.807) is 7.11 Å². The summed E-state index contributed by atoms with van der Waals surface area (Å²) >= 11 is 0. The van der Waals surface area contributed by atoms with Crippen molar-refractivity contribution in [1.82, 2.24) is 4.57 Å². The molecule has 0 radical (unpaired) electrons. The molecule has 1 aliphatic rings. The van der Waals surface area contributed by atoms with Crippen molar-refractivity contribution >= 4 is 17.1 Å². The van der Waals surface area contributed by atoms with Gasteiger partial charge in [-0.2, -0.15) is 0 Å². The number of ether oxygens (including phenoxy) is 1. The van der Waals surface area contributed by atoms with Gasteiger partial charge in [-0.25, -0.2) is 0 Å². The summed E-state index contributed by atoms with van der Waals surface area (Å²) < 4.78 is 7.88. The second-order valence-electron chi connectivity index (χ2n) is 7.26. The monoisotopic (exact) mass is 380 g/mol. The first kappa shape index (κ1) is 21.7. The van der Waals surface area contributed by atoms with E-state index in [2.05, 4.69) is 54.8 Å². The largest absolute Gasteiger partial charge is 0.497 e. The Morgan fingerprint density at radius 2 is 1.75 bits per heavy atom. The van der Waals surface area contributed by atoms with E-state index in [0.717, 1.165) is 28.3 Å². The van der Waals surface area contributed by atoms with Crippen molar-refractivity contribution in [3.8, 4) is 17.0 Å². The second kappa shape index (κ2) is 9.09. The Morgan fingerprint density at radius 1 is 1.11 bits per heavy atom. The highest BCUT2D eigenvalue weighted by Gasteiger charge is 2.31. The highest BCUT2D eigenvalue weighted by atomic mass is 16.5. The second-order valence-corrected chi connectivity index (χ2v) is 7.26. The van der Waals surface area contributed by atoms with Crippen LogP contribution in [0.25, 0.3) is 22.2 Å². The highest BCUT2D eigenvalue weighted by Crippen LogP contribution is 2.45. The average molecular weight is 381 g/mol. The molecule has 3 aromatic rings. The Balaban J connectivity index is 0.00000102. The van der Waals surface area contributed by atoms with Gasteiger partial charge in [0, 0.05) is 30.1 Å². The third-order valence-electron chi connectivity index (χ3n) is 5.43. The molecule has 0 unspecified atom stereocenters. The lowest BCUT2D eigenvalue weighted by Crippen LogP contribution is -2.25. The van der Waals surface area contributed by atoms with E-state index in [1.807, 2.05) is 19.9 Å². The minimum atomic E-state index is 0. The predicted molar refractivity (Wildman–Crippen MR) is 124 cm³/mol. The number of hydrogen-bond donors (Lipinski definition) is 1. The SMILES string of the molecule is C.CC.COc1ccc2c(c1)c(C=N)c(-c1ccc(C)cc1)n2C1CC(C)C1.[HH]. The number of fused-ring (bicyclic) bond motifs is 1. The summed E-state index contributed by atoms with van der Waals surface area (Å²) in [6, 6.07) is 15.4. The molecule has 152 valence electrons. The summed E-state index contributed by atoms with van der Waals surface area (Å²) in [6.45, 7) is 8.42. The number of aryl methyl sites for hydroxylation is 1. The quantitative estimate of drug-likeness (QED) is 0.467. The van der Waals surface area contributed by atoms with Crippen molar-refractivity contribution in [3.63, 3.8) is 0 Å². The van der Waals surface area contributed by atoms with E-state index in [1.165, 1.54) is 35.7 Å². The molecule has 1 aliphatic carbocycles. The average Bonchev–Trinajstić information content (AvgIpc) is 3.00. The smallest absolute Gasteiger partial charge is 0.119 e. The van der Waals surface area contributed by atoms with Crippen molar-refractivity contribution in [2.45, 2.75) is 54.0 Å². The number of nitrogens with one attached hydrogen (secondary N) is 1. The van der Waals surface area contributed by atoms with Crippen molar-refractivity contribution in [3.05, 3.63) is 53.6 Å². The van der Waals surface area contributed by atoms with Crippen LogP contribution in [0.4, 0.5) is 0 Å². The standard InChI is InChI=1S/C22H24N2O.C2H6.CH4.H2/c1-14-4-6-16(7-5-14)22-20(13-23)19-12-18(25-3)8-9-21(19)24(22)17-10-15(2)11-17;1-2;;/h4-9,12-13,15,17,23H,10-11H2,1-3H3;1-2H3;1H4;1H. The van der Waals surface area contributed by atoms with Crippen LogP contribution in [0.3, 0.4) is 0 Å². The summed E-state index contributed by atoms with van der Waals surface area (Å²) in [5, 5.41) is 9.18. The zero-order chi connectivity index (χ0) is 19.6. The van der Waals surface area contributed by atoms with Gasteiger partial charge in [-0.05, 0) is 49.4 Å². The first-order valence-electron chi connectivity index (χ1n) is 9.91. The number of benzene rings is 2. The van der Waals surface area contributed by atoms with Crippen molar-refractivity contribution in [2.75, 3.05) is 7.11 Å². The normalized spacial score (nSPS) is 17.8. The van der Waals surface area contributed by atoms with Gasteiger partial charge >= 0.3 is 0 Å². The van der Waals surface area contributed by atoms with Gasteiger partial charge in [0.05, 0.1) is 12.8 Å². The molecule has 1 saturated carbocycles. The Labute approximate surface area is 171 Å². The van der Waals surface area contributed by atoms with Gasteiger partial charge in [0.2, 0.25) is 0 Å². The van der Waals surface area contributed by atoms with Gasteiger partial charge in [-0.15, -0.1) is 0 Å². The molecule has 0 amide bonds. The van der Waals surface area contributed by atoms with E-state index in [-0.39, 0.29) is 8.85 Å². The Bertz CT molecular complexity index is 938. The lowest BCUT2D eigenvalue weighted by Gasteiger charge is -2.36. The first-order chi connectivity index (χ1) is 13.1. The van der Waals surface area contributed by atoms with Crippen LogP contribution in [-0.2, 0) is 0 Å². The summed E-state index contributed by atoms with van der Waals surface area (Å²) in [5.74, 6) is 1.61. The van der Waals surface area contributed by atoms with Crippen LogP contribution >= 0.6 is 0 Å². The summed E-state index contributed by atoms with van der Waals surface area (Å²) in [6.07, 6.45) is 3.90. The molecule has 0 atom stereocenters. The van der Waals surface area contributed by atoms with Gasteiger partial charge in [-0.3, -0.25) is 0 Å². The summed E-state index contributed by atoms with van der Waals surface area (Å²) in [5.41, 5.74) is 5.78. The zero-order valence-electron chi connectivity index (χ0n) is 17.0. The fourth-order valence-electron chi connectivity index (χ4n) is 4.05. The molecule has 3 heteroatoms. The lowest BCUT2D eigenvalue weighted by atomic mass is 9.81. The number of hydrogen-bond acceptors (Lipinski definition) is 2. The minimum Gasteiger partial charge on any atom is -0.497 e. The van der Waals surface area contributed by atoms with Gasteiger partial charge in [0.1, 0.15) is 5.75 Å². The molecular formula is C25H36N2O. The molecule has 0 saturated heterocycles. The number of aromatic nitrogens is 1. The van der Waals surface area contributed by atoms with Crippen molar-refractivity contribution in [1.29, 1.82) is 5.41 Å². The zero-order valence-corrected chi connectivity index (χ0v) is 17.0. The van der Waals surface area contributed by atoms with E-state index >= 15 is 0 Å². The molecule has 1 heterocycles. The molecule has 28 heavy (non-hydrogen) atoms. The van der Waals surface area contributed by atoms with Crippen molar-refractivity contribution < 1.29 is 6.16 Å². The van der Waals surface area contributed by atoms with E-state index in [9.17, 15) is 0 Å². The Hall–Kier alpha value is -2.55. The lowest BCUT2D eigenvalue weighted by molar-refractivity contribution is 0.223. The fraction of sp³-hybridized carbons (Fsp3) is 0.400. The molecule has 1 aromatic heterocycles. The van der Waals surface area contributed by atoms with Crippen molar-refractivity contribution in [2.24, 2.45) is 5.92 Å². The molecule has 0 aliphatic heterocycles. The minimum absolute atomic E-state index is 0. The van der Waals surface area contributed by atoms with Crippen LogP contribution in [0.5, 0.6) is 5.75 Å². The molecule has 0 spiro atoms. The summed E-state index contributed by atoms with van der Waals surface area (Å²) in [7, 11) is 1.69. The van der Waals surface area contributed by atoms with Crippen LogP contribution in [0.15, 0.2) is 42.5 Å². The maximum absolute atomic E-state index is 8.08. The molecule has 4 rings (SSSR count). The molecule has 2 aromatic carbocycles. The van der Waals surface area contributed by atoms with E-state index in [4.69, 9.17) is 10.1 Å². The van der Waals surface area contributed by atoms with Gasteiger partial charge in [0.15, 0.2) is 0 Å². The maximum atomic E-state index is 8.08. The van der Waals surface area contributed by atoms with Crippen LogP contribution in [0.1, 0.15) is 59.6 Å². The predicted octanol–water partition coefficient (Wildman–Crippen LogP) is 7.50. The molecule has 0 bridgehead atoms. The molecule has 1 N–H and O–H groups in total. The number of methoxy groups -OCH3 is 1. The molecule has 1 fully saturated rings. The number of nitrogens with zero attached hydrogens (tertiary/aromatic N) is 1. The third-order valence-corrected chi connectivity index (χ3v) is 5.43. The van der Waals surface area contributed by atoms with Crippen LogP contribution < -0.4 is 4.74 Å². The maximum Gasteiger partial charge on any atom is 0.119 e. The van der Waals surface area contributed by atoms with E-state index in [0.29, 0.717) is 6.04 Å². The third kappa shape index (κ3) is 3.71. The van der Waals surface area contributed by atoms with Gasteiger partial charge in [-0.1, -0.05) is 58.0 Å². The Morgan fingerprint density at radius 3 is 2.29 bits per heavy atom.